The monoisotopic (exact) mass is 348 g/mol. The van der Waals surface area contributed by atoms with Gasteiger partial charge in [-0.05, 0) is 55.9 Å². The molecule has 1 aliphatic rings. The van der Waals surface area contributed by atoms with Crippen molar-refractivity contribution >= 4 is 27.5 Å². The Balaban J connectivity index is 2.33. The fraction of sp³-hybridized carbons (Fsp3) is 0.789. The van der Waals surface area contributed by atoms with Gasteiger partial charge in [-0.25, -0.2) is 0 Å². The molecule has 0 N–H and O–H groups in total. The number of thiophene rings is 1. The Kier molecular flexibility index (Phi) is 5.91. The molecule has 1 fully saturated rings. The first kappa shape index (κ1) is 19.3. The summed E-state index contributed by atoms with van der Waals surface area (Å²) < 4.78 is 6.88. The first-order chi connectivity index (χ1) is 10.6. The van der Waals surface area contributed by atoms with Crippen LogP contribution in [0.4, 0.5) is 0 Å². The van der Waals surface area contributed by atoms with Crippen LogP contribution in [0.2, 0.25) is 18.1 Å². The van der Waals surface area contributed by atoms with Crippen molar-refractivity contribution in [1.29, 1.82) is 0 Å². The Hall–Kier alpha value is -0.0582. The summed E-state index contributed by atoms with van der Waals surface area (Å²) in [5.74, 6) is 0.543. The van der Waals surface area contributed by atoms with E-state index >= 15 is 0 Å². The molecule has 1 saturated carbocycles. The van der Waals surface area contributed by atoms with Crippen molar-refractivity contribution in [2.75, 3.05) is 0 Å². The molecule has 128 valence electrons. The molecule has 0 aliphatic heterocycles. The Labute approximate surface area is 149 Å². The van der Waals surface area contributed by atoms with Crippen molar-refractivity contribution < 1.29 is 4.43 Å². The second-order valence-electron chi connectivity index (χ2n) is 8.62. The summed E-state index contributed by atoms with van der Waals surface area (Å²) in [5.41, 5.74) is 2.92. The Morgan fingerprint density at radius 3 is 2.30 bits per heavy atom. The molecule has 4 heteroatoms. The van der Waals surface area contributed by atoms with Gasteiger partial charge in [0, 0.05) is 15.7 Å². The molecule has 1 aromatic rings. The fourth-order valence-electron chi connectivity index (χ4n) is 3.61. The second-order valence-corrected chi connectivity index (χ2v) is 14.8. The Morgan fingerprint density at radius 2 is 1.74 bits per heavy atom. The van der Waals surface area contributed by atoms with Crippen LogP contribution >= 0.6 is 11.3 Å². The maximum absolute atomic E-state index is 6.88. The lowest BCUT2D eigenvalue weighted by molar-refractivity contribution is 0.114. The van der Waals surface area contributed by atoms with Gasteiger partial charge in [0.1, 0.15) is 0 Å². The van der Waals surface area contributed by atoms with Crippen LogP contribution in [0.5, 0.6) is 0 Å². The van der Waals surface area contributed by atoms with Gasteiger partial charge in [0.25, 0.3) is 0 Å². The SMILES string of the molecule is [B]Cc1c(C)sc(C)c1[C@H]1CCCC[C@@H]1O[Si](C)(C)C(C)(C)C. The topological polar surface area (TPSA) is 9.23 Å². The molecule has 23 heavy (non-hydrogen) atoms. The fourth-order valence-corrected chi connectivity index (χ4v) is 6.16. The quantitative estimate of drug-likeness (QED) is 0.599. The summed E-state index contributed by atoms with van der Waals surface area (Å²) in [6, 6.07) is 0. The van der Waals surface area contributed by atoms with Gasteiger partial charge in [-0.3, -0.25) is 0 Å². The zero-order valence-corrected chi connectivity index (χ0v) is 17.9. The van der Waals surface area contributed by atoms with Crippen LogP contribution in [0.3, 0.4) is 0 Å². The van der Waals surface area contributed by atoms with Gasteiger partial charge in [-0.15, -0.1) is 11.3 Å². The number of rotatable bonds is 4. The van der Waals surface area contributed by atoms with Gasteiger partial charge in [-0.1, -0.05) is 39.9 Å². The van der Waals surface area contributed by atoms with E-state index in [0.717, 1.165) is 0 Å². The van der Waals surface area contributed by atoms with Gasteiger partial charge in [0.05, 0.1) is 14.0 Å². The third-order valence-corrected chi connectivity index (χ3v) is 11.5. The normalized spacial score (nSPS) is 23.3. The van der Waals surface area contributed by atoms with Crippen molar-refractivity contribution in [2.24, 2.45) is 0 Å². The highest BCUT2D eigenvalue weighted by molar-refractivity contribution is 7.12. The molecule has 1 aliphatic carbocycles. The molecule has 0 bridgehead atoms. The van der Waals surface area contributed by atoms with Crippen LogP contribution in [0.15, 0.2) is 0 Å². The minimum absolute atomic E-state index is 0.269. The number of aryl methyl sites for hydroxylation is 2. The molecule has 0 aromatic carbocycles. The van der Waals surface area contributed by atoms with Crippen molar-refractivity contribution in [3.05, 3.63) is 20.9 Å². The number of hydrogen-bond acceptors (Lipinski definition) is 2. The summed E-state index contributed by atoms with van der Waals surface area (Å²) >= 11 is 1.92. The van der Waals surface area contributed by atoms with E-state index in [1.54, 1.807) is 0 Å². The number of hydrogen-bond donors (Lipinski definition) is 0. The van der Waals surface area contributed by atoms with Crippen LogP contribution < -0.4 is 0 Å². The molecule has 2 rings (SSSR count). The van der Waals surface area contributed by atoms with Crippen molar-refractivity contribution in [1.82, 2.24) is 0 Å². The maximum atomic E-state index is 6.88. The highest BCUT2D eigenvalue weighted by Crippen LogP contribution is 2.45. The van der Waals surface area contributed by atoms with E-state index in [0.29, 0.717) is 18.3 Å². The van der Waals surface area contributed by atoms with Crippen molar-refractivity contribution in [3.8, 4) is 0 Å². The molecular weight excluding hydrogens is 315 g/mol. The Morgan fingerprint density at radius 1 is 1.13 bits per heavy atom. The standard InChI is InChI=1S/C19H33BOSSi/c1-13-16(12-20)18(14(2)22-13)15-10-8-9-11-17(15)21-23(6,7)19(3,4)5/h15,17H,8-12H2,1-7H3/t15-,17-/m0/s1. The second kappa shape index (κ2) is 7.05. The first-order valence-corrected chi connectivity index (χ1v) is 12.8. The van der Waals surface area contributed by atoms with Gasteiger partial charge in [-0.2, -0.15) is 0 Å². The summed E-state index contributed by atoms with van der Waals surface area (Å²) in [6.07, 6.45) is 6.12. The van der Waals surface area contributed by atoms with Gasteiger partial charge >= 0.3 is 0 Å². The van der Waals surface area contributed by atoms with Gasteiger partial charge in [0.2, 0.25) is 0 Å². The third-order valence-electron chi connectivity index (χ3n) is 5.97. The lowest BCUT2D eigenvalue weighted by Gasteiger charge is -2.43. The van der Waals surface area contributed by atoms with Crippen LogP contribution in [0.1, 0.15) is 73.3 Å². The molecule has 2 atom stereocenters. The van der Waals surface area contributed by atoms with Crippen molar-refractivity contribution in [3.63, 3.8) is 0 Å². The van der Waals surface area contributed by atoms with Crippen LogP contribution in [0, 0.1) is 13.8 Å². The minimum Gasteiger partial charge on any atom is -0.413 e. The lowest BCUT2D eigenvalue weighted by Crippen LogP contribution is -2.46. The molecule has 1 aromatic heterocycles. The van der Waals surface area contributed by atoms with Crippen molar-refractivity contribution in [2.45, 2.75) is 96.8 Å². The molecule has 0 spiro atoms. The zero-order chi connectivity index (χ0) is 17.4. The van der Waals surface area contributed by atoms with E-state index in [4.69, 9.17) is 12.3 Å². The van der Waals surface area contributed by atoms with Crippen LogP contribution in [-0.4, -0.2) is 22.3 Å². The highest BCUT2D eigenvalue weighted by atomic mass is 32.1. The predicted octanol–water partition coefficient (Wildman–Crippen LogP) is 6.08. The lowest BCUT2D eigenvalue weighted by atomic mass is 9.78. The summed E-state index contributed by atoms with van der Waals surface area (Å²) in [5, 5.41) is 0.269. The van der Waals surface area contributed by atoms with Crippen LogP contribution in [0.25, 0.3) is 0 Å². The van der Waals surface area contributed by atoms with E-state index < -0.39 is 8.32 Å². The average Bonchev–Trinajstić information content (AvgIpc) is 2.71. The summed E-state index contributed by atoms with van der Waals surface area (Å²) in [4.78, 5) is 2.86. The van der Waals surface area contributed by atoms with Gasteiger partial charge in [0.15, 0.2) is 8.32 Å². The minimum atomic E-state index is -1.73. The zero-order valence-electron chi connectivity index (χ0n) is 16.1. The molecule has 0 saturated heterocycles. The summed E-state index contributed by atoms with van der Waals surface area (Å²) in [6.45, 7) is 16.3. The maximum Gasteiger partial charge on any atom is 0.192 e. The first-order valence-electron chi connectivity index (χ1n) is 9.05. The third kappa shape index (κ3) is 3.96. The highest BCUT2D eigenvalue weighted by Gasteiger charge is 2.42. The van der Waals surface area contributed by atoms with E-state index in [1.165, 1.54) is 46.6 Å². The molecule has 1 heterocycles. The van der Waals surface area contributed by atoms with Gasteiger partial charge < -0.3 is 4.43 Å². The molecule has 0 amide bonds. The molecule has 0 unspecified atom stereocenters. The van der Waals surface area contributed by atoms with E-state index in [9.17, 15) is 0 Å². The predicted molar refractivity (Wildman–Crippen MR) is 107 cm³/mol. The average molecular weight is 348 g/mol. The molecular formula is C19H33BOSSi. The van der Waals surface area contributed by atoms with E-state index in [2.05, 4.69) is 47.7 Å². The van der Waals surface area contributed by atoms with E-state index in [1.807, 2.05) is 11.3 Å². The summed E-state index contributed by atoms with van der Waals surface area (Å²) in [7, 11) is 4.35. The Bertz CT molecular complexity index is 544. The van der Waals surface area contributed by atoms with Crippen LogP contribution in [-0.2, 0) is 10.7 Å². The molecule has 2 radical (unpaired) electrons. The smallest absolute Gasteiger partial charge is 0.192 e. The molecule has 1 nitrogen and oxygen atoms in total. The largest absolute Gasteiger partial charge is 0.413 e. The van der Waals surface area contributed by atoms with E-state index in [-0.39, 0.29) is 5.04 Å².